The molecular weight excluding hydrogens is 305 g/mol. The number of carbonyl (C=O) groups excluding carboxylic acids is 1. The number of benzene rings is 1. The summed E-state index contributed by atoms with van der Waals surface area (Å²) in [5.74, 6) is -0.119. The van der Waals surface area contributed by atoms with Crippen molar-refractivity contribution in [3.8, 4) is 0 Å². The van der Waals surface area contributed by atoms with Gasteiger partial charge in [0.2, 0.25) is 0 Å². The maximum absolute atomic E-state index is 11.9. The van der Waals surface area contributed by atoms with E-state index in [1.54, 1.807) is 25.3 Å². The van der Waals surface area contributed by atoms with Crippen molar-refractivity contribution < 1.29 is 9.53 Å². The standard InChI is InChI=1S/C12H15BrClNO2/c1-8-5-9(3-4-11(8)14)12(16)15-10(6-13)7-17-2/h3-5,10H,6-7H2,1-2H3,(H,15,16). The summed E-state index contributed by atoms with van der Waals surface area (Å²) in [6.45, 7) is 2.35. The van der Waals surface area contributed by atoms with Gasteiger partial charge in [-0.15, -0.1) is 0 Å². The molecule has 1 aromatic rings. The van der Waals surface area contributed by atoms with Crippen LogP contribution in [0.25, 0.3) is 0 Å². The van der Waals surface area contributed by atoms with Crippen LogP contribution in [0.5, 0.6) is 0 Å². The van der Waals surface area contributed by atoms with Crippen molar-refractivity contribution in [1.82, 2.24) is 5.32 Å². The fourth-order valence-electron chi connectivity index (χ4n) is 1.38. The molecule has 3 nitrogen and oxygen atoms in total. The maximum atomic E-state index is 11.9. The van der Waals surface area contributed by atoms with E-state index in [0.717, 1.165) is 5.56 Å². The zero-order chi connectivity index (χ0) is 12.8. The van der Waals surface area contributed by atoms with Crippen molar-refractivity contribution in [2.75, 3.05) is 19.0 Å². The average Bonchev–Trinajstić information content (AvgIpc) is 2.31. The minimum absolute atomic E-state index is 0.0384. The smallest absolute Gasteiger partial charge is 0.251 e. The zero-order valence-electron chi connectivity index (χ0n) is 9.80. The highest BCUT2D eigenvalue weighted by Gasteiger charge is 2.13. The summed E-state index contributed by atoms with van der Waals surface area (Å²) in [6.07, 6.45) is 0. The summed E-state index contributed by atoms with van der Waals surface area (Å²) in [4.78, 5) is 11.9. The Morgan fingerprint density at radius 2 is 2.29 bits per heavy atom. The molecule has 1 aromatic carbocycles. The second-order valence-electron chi connectivity index (χ2n) is 3.74. The van der Waals surface area contributed by atoms with E-state index in [2.05, 4.69) is 21.2 Å². The predicted molar refractivity (Wildman–Crippen MR) is 73.1 cm³/mol. The van der Waals surface area contributed by atoms with Crippen LogP contribution in [0.1, 0.15) is 15.9 Å². The number of hydrogen-bond donors (Lipinski definition) is 1. The molecule has 1 N–H and O–H groups in total. The Morgan fingerprint density at radius 3 is 2.82 bits per heavy atom. The summed E-state index contributed by atoms with van der Waals surface area (Å²) >= 11 is 9.24. The van der Waals surface area contributed by atoms with Crippen LogP contribution < -0.4 is 5.32 Å². The average molecular weight is 321 g/mol. The van der Waals surface area contributed by atoms with Gasteiger partial charge in [-0.2, -0.15) is 0 Å². The summed E-state index contributed by atoms with van der Waals surface area (Å²) in [6, 6.07) is 5.17. The van der Waals surface area contributed by atoms with Gasteiger partial charge in [0.25, 0.3) is 5.91 Å². The molecule has 0 saturated carbocycles. The molecule has 5 heteroatoms. The molecule has 0 radical (unpaired) electrons. The number of halogens is 2. The molecule has 0 aliphatic carbocycles. The number of alkyl halides is 1. The second-order valence-corrected chi connectivity index (χ2v) is 4.80. The fourth-order valence-corrected chi connectivity index (χ4v) is 1.85. The molecule has 0 aliphatic rings. The fraction of sp³-hybridized carbons (Fsp3) is 0.417. The summed E-state index contributed by atoms with van der Waals surface area (Å²) in [5.41, 5.74) is 1.50. The van der Waals surface area contributed by atoms with Crippen LogP contribution in [0.3, 0.4) is 0 Å². The van der Waals surface area contributed by atoms with Crippen LogP contribution in [-0.2, 0) is 4.74 Å². The third kappa shape index (κ3) is 4.30. The Balaban J connectivity index is 2.72. The molecule has 1 unspecified atom stereocenters. The molecule has 0 fully saturated rings. The lowest BCUT2D eigenvalue weighted by Crippen LogP contribution is -2.39. The SMILES string of the molecule is COCC(CBr)NC(=O)c1ccc(Cl)c(C)c1. The van der Waals surface area contributed by atoms with E-state index >= 15 is 0 Å². The van der Waals surface area contributed by atoms with Crippen LogP contribution in [0.4, 0.5) is 0 Å². The Morgan fingerprint density at radius 1 is 1.59 bits per heavy atom. The van der Waals surface area contributed by atoms with Gasteiger partial charge in [-0.1, -0.05) is 27.5 Å². The third-order valence-electron chi connectivity index (χ3n) is 2.31. The second kappa shape index (κ2) is 6.99. The molecule has 0 bridgehead atoms. The van der Waals surface area contributed by atoms with E-state index < -0.39 is 0 Å². The van der Waals surface area contributed by atoms with E-state index in [1.807, 2.05) is 6.92 Å². The topological polar surface area (TPSA) is 38.3 Å². The Labute approximate surface area is 115 Å². The van der Waals surface area contributed by atoms with Crippen LogP contribution in [0.2, 0.25) is 5.02 Å². The molecule has 0 aromatic heterocycles. The first-order valence-corrected chi connectivity index (χ1v) is 6.70. The molecule has 94 valence electrons. The number of methoxy groups -OCH3 is 1. The minimum atomic E-state index is -0.119. The van der Waals surface area contributed by atoms with Gasteiger partial charge in [0.05, 0.1) is 12.6 Å². The van der Waals surface area contributed by atoms with Crippen molar-refractivity contribution in [3.63, 3.8) is 0 Å². The first-order valence-electron chi connectivity index (χ1n) is 5.20. The molecule has 1 rings (SSSR count). The molecule has 17 heavy (non-hydrogen) atoms. The first kappa shape index (κ1) is 14.5. The number of rotatable bonds is 5. The highest BCUT2D eigenvalue weighted by molar-refractivity contribution is 9.09. The monoisotopic (exact) mass is 319 g/mol. The zero-order valence-corrected chi connectivity index (χ0v) is 12.1. The first-order chi connectivity index (χ1) is 8.08. The van der Waals surface area contributed by atoms with Gasteiger partial charge in [0.1, 0.15) is 0 Å². The summed E-state index contributed by atoms with van der Waals surface area (Å²) < 4.78 is 5.01. The van der Waals surface area contributed by atoms with Crippen molar-refractivity contribution in [1.29, 1.82) is 0 Å². The molecule has 0 saturated heterocycles. The minimum Gasteiger partial charge on any atom is -0.383 e. The lowest BCUT2D eigenvalue weighted by molar-refractivity contribution is 0.0908. The van der Waals surface area contributed by atoms with Gasteiger partial charge in [-0.25, -0.2) is 0 Å². The van der Waals surface area contributed by atoms with Gasteiger partial charge in [0.15, 0.2) is 0 Å². The van der Waals surface area contributed by atoms with Crippen molar-refractivity contribution >= 4 is 33.4 Å². The normalized spacial score (nSPS) is 12.2. The van der Waals surface area contributed by atoms with Gasteiger partial charge in [0, 0.05) is 23.0 Å². The van der Waals surface area contributed by atoms with Crippen molar-refractivity contribution in [2.45, 2.75) is 13.0 Å². The third-order valence-corrected chi connectivity index (χ3v) is 3.52. The van der Waals surface area contributed by atoms with E-state index in [-0.39, 0.29) is 11.9 Å². The number of nitrogens with one attached hydrogen (secondary N) is 1. The van der Waals surface area contributed by atoms with Crippen LogP contribution in [0.15, 0.2) is 18.2 Å². The predicted octanol–water partition coefficient (Wildman–Crippen LogP) is 2.79. The van der Waals surface area contributed by atoms with Crippen molar-refractivity contribution in [3.05, 3.63) is 34.3 Å². The van der Waals surface area contributed by atoms with E-state index in [0.29, 0.717) is 22.5 Å². The summed E-state index contributed by atoms with van der Waals surface area (Å²) in [5, 5.41) is 4.19. The number of carbonyl (C=O) groups is 1. The molecule has 0 spiro atoms. The van der Waals surface area contributed by atoms with Crippen LogP contribution >= 0.6 is 27.5 Å². The molecule has 0 aliphatic heterocycles. The lowest BCUT2D eigenvalue weighted by Gasteiger charge is -2.15. The van der Waals surface area contributed by atoms with Gasteiger partial charge >= 0.3 is 0 Å². The molecule has 1 amide bonds. The summed E-state index contributed by atoms with van der Waals surface area (Å²) in [7, 11) is 1.61. The highest BCUT2D eigenvalue weighted by atomic mass is 79.9. The lowest BCUT2D eigenvalue weighted by atomic mass is 10.1. The Hall–Kier alpha value is -0.580. The van der Waals surface area contributed by atoms with Gasteiger partial charge < -0.3 is 10.1 Å². The molecular formula is C12H15BrClNO2. The molecule has 1 atom stereocenters. The van der Waals surface area contributed by atoms with E-state index in [1.165, 1.54) is 0 Å². The van der Waals surface area contributed by atoms with E-state index in [4.69, 9.17) is 16.3 Å². The maximum Gasteiger partial charge on any atom is 0.251 e. The van der Waals surface area contributed by atoms with Crippen molar-refractivity contribution in [2.24, 2.45) is 0 Å². The Kier molecular flexibility index (Phi) is 5.95. The highest BCUT2D eigenvalue weighted by Crippen LogP contribution is 2.16. The van der Waals surface area contributed by atoms with Gasteiger partial charge in [-0.05, 0) is 30.7 Å². The van der Waals surface area contributed by atoms with Crippen LogP contribution in [0, 0.1) is 6.92 Å². The largest absolute Gasteiger partial charge is 0.383 e. The van der Waals surface area contributed by atoms with Gasteiger partial charge in [-0.3, -0.25) is 4.79 Å². The Bertz CT molecular complexity index is 398. The number of hydrogen-bond acceptors (Lipinski definition) is 2. The van der Waals surface area contributed by atoms with Crippen LogP contribution in [-0.4, -0.2) is 31.0 Å². The number of amides is 1. The number of ether oxygens (including phenoxy) is 1. The van der Waals surface area contributed by atoms with E-state index in [9.17, 15) is 4.79 Å². The number of aryl methyl sites for hydroxylation is 1. The quantitative estimate of drug-likeness (QED) is 0.847. The molecule has 0 heterocycles.